The summed E-state index contributed by atoms with van der Waals surface area (Å²) in [6, 6.07) is 0. The van der Waals surface area contributed by atoms with Crippen LogP contribution >= 0.6 is 23.2 Å². The number of rotatable bonds is 0. The fourth-order valence-corrected chi connectivity index (χ4v) is 1.13. The minimum absolute atomic E-state index is 0.269. The quantitative estimate of drug-likeness (QED) is 0.586. The maximum absolute atomic E-state index is 5.76. The van der Waals surface area contributed by atoms with E-state index in [1.807, 2.05) is 6.08 Å². The van der Waals surface area contributed by atoms with Crippen molar-refractivity contribution in [2.75, 3.05) is 0 Å². The molecule has 1 aliphatic rings. The van der Waals surface area contributed by atoms with Crippen LogP contribution in [0.3, 0.4) is 0 Å². The molecule has 4 heteroatoms. The number of nitrogens with two attached hydrogens (primary N) is 1. The lowest BCUT2D eigenvalue weighted by molar-refractivity contribution is 1.09. The second-order valence-electron chi connectivity index (χ2n) is 2.15. The molecule has 0 radical (unpaired) electrons. The fourth-order valence-electron chi connectivity index (χ4n) is 0.707. The van der Waals surface area contributed by atoms with Crippen LogP contribution in [-0.2, 0) is 0 Å². The molecule has 0 aromatic carbocycles. The second kappa shape index (κ2) is 3.79. The maximum Gasteiger partial charge on any atom is 0.153 e. The van der Waals surface area contributed by atoms with Crippen molar-refractivity contribution in [1.29, 1.82) is 0 Å². The molecule has 60 valence electrons. The van der Waals surface area contributed by atoms with Crippen molar-refractivity contribution in [2.24, 2.45) is 10.7 Å². The Kier molecular flexibility index (Phi) is 2.97. The normalized spacial score (nSPS) is 19.3. The molecule has 0 saturated heterocycles. The summed E-state index contributed by atoms with van der Waals surface area (Å²) in [4.78, 5) is 3.88. The van der Waals surface area contributed by atoms with Gasteiger partial charge in [-0.1, -0.05) is 29.3 Å². The standard InChI is InChI=1S/C7H8Cl2N2/c8-5-3-1-2-4-11-7(9)6(5)10/h3-4H,1-2,10H2. The minimum atomic E-state index is 0.269. The van der Waals surface area contributed by atoms with Crippen molar-refractivity contribution in [1.82, 2.24) is 0 Å². The van der Waals surface area contributed by atoms with Gasteiger partial charge in [-0.05, 0) is 12.8 Å². The molecule has 11 heavy (non-hydrogen) atoms. The van der Waals surface area contributed by atoms with Gasteiger partial charge in [0.1, 0.15) is 0 Å². The third-order valence-corrected chi connectivity index (χ3v) is 1.96. The third kappa shape index (κ3) is 2.24. The number of allylic oxidation sites excluding steroid dienone is 2. The van der Waals surface area contributed by atoms with E-state index in [4.69, 9.17) is 28.9 Å². The lowest BCUT2D eigenvalue weighted by Gasteiger charge is -2.02. The highest BCUT2D eigenvalue weighted by Gasteiger charge is 2.03. The molecule has 0 aromatic rings. The highest BCUT2D eigenvalue weighted by Crippen LogP contribution is 2.19. The molecule has 1 aliphatic heterocycles. The Bertz CT molecular complexity index is 241. The van der Waals surface area contributed by atoms with E-state index >= 15 is 0 Å². The first-order chi connectivity index (χ1) is 5.22. The molecule has 0 atom stereocenters. The molecular weight excluding hydrogens is 183 g/mol. The van der Waals surface area contributed by atoms with Gasteiger partial charge in [-0.3, -0.25) is 0 Å². The highest BCUT2D eigenvalue weighted by atomic mass is 35.5. The van der Waals surface area contributed by atoms with Crippen LogP contribution in [0.15, 0.2) is 27.0 Å². The first kappa shape index (κ1) is 8.62. The zero-order valence-electron chi connectivity index (χ0n) is 5.85. The highest BCUT2D eigenvalue weighted by molar-refractivity contribution is 6.35. The summed E-state index contributed by atoms with van der Waals surface area (Å²) >= 11 is 11.4. The largest absolute Gasteiger partial charge is 0.395 e. The van der Waals surface area contributed by atoms with E-state index in [1.165, 1.54) is 0 Å². The molecule has 0 aliphatic carbocycles. The predicted octanol–water partition coefficient (Wildman–Crippen LogP) is 2.34. The summed E-state index contributed by atoms with van der Waals surface area (Å²) in [7, 11) is 0. The molecule has 2 nitrogen and oxygen atoms in total. The molecule has 0 spiro atoms. The van der Waals surface area contributed by atoms with Gasteiger partial charge in [0.05, 0.1) is 10.7 Å². The van der Waals surface area contributed by atoms with Gasteiger partial charge in [0.15, 0.2) is 5.16 Å². The molecule has 0 fully saturated rings. The minimum Gasteiger partial charge on any atom is -0.395 e. The first-order valence-corrected chi connectivity index (χ1v) is 4.01. The average Bonchev–Trinajstić information content (AvgIpc) is 2.00. The van der Waals surface area contributed by atoms with Crippen molar-refractivity contribution >= 4 is 29.4 Å². The van der Waals surface area contributed by atoms with Gasteiger partial charge in [-0.15, -0.1) is 0 Å². The molecule has 1 heterocycles. The van der Waals surface area contributed by atoms with Crippen molar-refractivity contribution in [3.8, 4) is 0 Å². The number of halogens is 2. The van der Waals surface area contributed by atoms with Crippen molar-refractivity contribution in [3.05, 3.63) is 22.0 Å². The molecular formula is C7H8Cl2N2. The van der Waals surface area contributed by atoms with Gasteiger partial charge in [0, 0.05) is 6.21 Å². The first-order valence-electron chi connectivity index (χ1n) is 3.25. The lowest BCUT2D eigenvalue weighted by Crippen LogP contribution is -2.00. The third-order valence-electron chi connectivity index (χ3n) is 1.30. The average molecular weight is 191 g/mol. The maximum atomic E-state index is 5.76. The van der Waals surface area contributed by atoms with E-state index in [9.17, 15) is 0 Å². The Labute approximate surface area is 75.4 Å². The summed E-state index contributed by atoms with van der Waals surface area (Å²) in [6.07, 6.45) is 5.27. The van der Waals surface area contributed by atoms with Crippen molar-refractivity contribution in [2.45, 2.75) is 12.8 Å². The topological polar surface area (TPSA) is 38.4 Å². The Morgan fingerprint density at radius 3 is 2.82 bits per heavy atom. The van der Waals surface area contributed by atoms with Crippen LogP contribution in [0, 0.1) is 0 Å². The van der Waals surface area contributed by atoms with Gasteiger partial charge in [-0.2, -0.15) is 0 Å². The van der Waals surface area contributed by atoms with Crippen LogP contribution in [0.4, 0.5) is 0 Å². The molecule has 0 unspecified atom stereocenters. The summed E-state index contributed by atoms with van der Waals surface area (Å²) in [5.41, 5.74) is 5.88. The fraction of sp³-hybridized carbons (Fsp3) is 0.286. The molecule has 2 N–H and O–H groups in total. The van der Waals surface area contributed by atoms with Gasteiger partial charge in [-0.25, -0.2) is 4.99 Å². The van der Waals surface area contributed by atoms with Crippen LogP contribution in [0.2, 0.25) is 0 Å². The van der Waals surface area contributed by atoms with E-state index in [0.717, 1.165) is 12.8 Å². The van der Waals surface area contributed by atoms with Gasteiger partial charge in [0.25, 0.3) is 0 Å². The van der Waals surface area contributed by atoms with E-state index < -0.39 is 0 Å². The molecule has 0 saturated carbocycles. The van der Waals surface area contributed by atoms with Crippen LogP contribution in [0.25, 0.3) is 0 Å². The Morgan fingerprint density at radius 2 is 2.09 bits per heavy atom. The van der Waals surface area contributed by atoms with E-state index in [-0.39, 0.29) is 5.16 Å². The predicted molar refractivity (Wildman–Crippen MR) is 48.7 cm³/mol. The smallest absolute Gasteiger partial charge is 0.153 e. The van der Waals surface area contributed by atoms with Crippen LogP contribution in [0.5, 0.6) is 0 Å². The van der Waals surface area contributed by atoms with Gasteiger partial charge in [0.2, 0.25) is 0 Å². The van der Waals surface area contributed by atoms with E-state index in [0.29, 0.717) is 10.7 Å². The molecule has 0 aromatic heterocycles. The van der Waals surface area contributed by atoms with Crippen LogP contribution in [0.1, 0.15) is 12.8 Å². The van der Waals surface area contributed by atoms with E-state index in [1.54, 1.807) is 6.21 Å². The Balaban J connectivity index is 2.98. The summed E-state index contributed by atoms with van der Waals surface area (Å²) < 4.78 is 0. The van der Waals surface area contributed by atoms with Gasteiger partial charge >= 0.3 is 0 Å². The summed E-state index contributed by atoms with van der Waals surface area (Å²) in [5.74, 6) is 0. The summed E-state index contributed by atoms with van der Waals surface area (Å²) in [5, 5.41) is 0.762. The Morgan fingerprint density at radius 1 is 1.36 bits per heavy atom. The Hall–Kier alpha value is -0.470. The van der Waals surface area contributed by atoms with Crippen LogP contribution in [-0.4, -0.2) is 6.21 Å². The molecule has 0 amide bonds. The SMILES string of the molecule is NC1=C(Cl)N=CCCC=C1Cl. The zero-order valence-corrected chi connectivity index (χ0v) is 7.36. The zero-order chi connectivity index (χ0) is 8.27. The second-order valence-corrected chi connectivity index (χ2v) is 2.91. The van der Waals surface area contributed by atoms with Gasteiger partial charge < -0.3 is 5.73 Å². The number of aliphatic imine (C=N–C) groups is 1. The van der Waals surface area contributed by atoms with Crippen molar-refractivity contribution < 1.29 is 0 Å². The summed E-state index contributed by atoms with van der Waals surface area (Å²) in [6.45, 7) is 0. The number of hydrogen-bond acceptors (Lipinski definition) is 2. The van der Waals surface area contributed by atoms with Crippen molar-refractivity contribution in [3.63, 3.8) is 0 Å². The number of hydrogen-bond donors (Lipinski definition) is 1. The molecule has 1 rings (SSSR count). The number of nitrogens with zero attached hydrogens (tertiary/aromatic N) is 1. The molecule has 0 bridgehead atoms. The lowest BCUT2D eigenvalue weighted by atomic mass is 10.2. The monoisotopic (exact) mass is 190 g/mol. The van der Waals surface area contributed by atoms with Crippen LogP contribution < -0.4 is 5.73 Å². The van der Waals surface area contributed by atoms with E-state index in [2.05, 4.69) is 4.99 Å².